The molecule has 0 spiro atoms. The first kappa shape index (κ1) is 20.8. The fourth-order valence-electron chi connectivity index (χ4n) is 3.11. The van der Waals surface area contributed by atoms with Crippen LogP contribution in [0.3, 0.4) is 0 Å². The molecule has 1 unspecified atom stereocenters. The third kappa shape index (κ3) is 6.02. The Morgan fingerprint density at radius 3 is 2.90 bits per heavy atom. The van der Waals surface area contributed by atoms with E-state index in [0.717, 1.165) is 18.4 Å². The zero-order valence-electron chi connectivity index (χ0n) is 16.0. The van der Waals surface area contributed by atoms with E-state index in [0.29, 0.717) is 25.4 Å². The maximum atomic E-state index is 12.9. The molecule has 0 radical (unpaired) electrons. The number of benzene rings is 1. The molecule has 2 heterocycles. The highest BCUT2D eigenvalue weighted by Crippen LogP contribution is 2.31. The number of halogens is 2. The Morgan fingerprint density at radius 1 is 1.38 bits per heavy atom. The number of alkyl halides is 2. The lowest BCUT2D eigenvalue weighted by Gasteiger charge is -2.26. The fourth-order valence-corrected chi connectivity index (χ4v) is 3.11. The van der Waals surface area contributed by atoms with Crippen LogP contribution in [-0.2, 0) is 11.3 Å². The molecular weight excluding hydrogens is 384 g/mol. The van der Waals surface area contributed by atoms with Gasteiger partial charge in [0.15, 0.2) is 11.5 Å². The summed E-state index contributed by atoms with van der Waals surface area (Å²) < 4.78 is 40.4. The third-order valence-corrected chi connectivity index (χ3v) is 4.46. The molecule has 0 aliphatic carbocycles. The quantitative estimate of drug-likeness (QED) is 0.718. The van der Waals surface area contributed by atoms with Crippen molar-refractivity contribution in [1.29, 1.82) is 0 Å². The van der Waals surface area contributed by atoms with Gasteiger partial charge in [-0.05, 0) is 36.6 Å². The Kier molecular flexibility index (Phi) is 7.18. The monoisotopic (exact) mass is 407 g/mol. The van der Waals surface area contributed by atoms with Crippen LogP contribution >= 0.6 is 0 Å². The number of ether oxygens (including phenoxy) is 3. The molecule has 0 saturated carbocycles. The van der Waals surface area contributed by atoms with Crippen LogP contribution in [0, 0.1) is 0 Å². The fraction of sp³-hybridized carbons (Fsp3) is 0.400. The Hall–Kier alpha value is -2.94. The number of nitrogens with zero attached hydrogens (tertiary/aromatic N) is 2. The normalized spacial score (nSPS) is 15.9. The maximum absolute atomic E-state index is 12.9. The number of carbonyl (C=O) groups excluding carboxylic acids is 1. The smallest absolute Gasteiger partial charge is 0.387 e. The van der Waals surface area contributed by atoms with E-state index in [1.807, 2.05) is 6.07 Å². The highest BCUT2D eigenvalue weighted by atomic mass is 19.3. The highest BCUT2D eigenvalue weighted by molar-refractivity contribution is 5.89. The van der Waals surface area contributed by atoms with Gasteiger partial charge in [-0.15, -0.1) is 0 Å². The van der Waals surface area contributed by atoms with Gasteiger partial charge in [0.25, 0.3) is 0 Å². The summed E-state index contributed by atoms with van der Waals surface area (Å²) in [5, 5.41) is 2.73. The number of rotatable bonds is 8. The summed E-state index contributed by atoms with van der Waals surface area (Å²) in [7, 11) is 1.35. The van der Waals surface area contributed by atoms with Gasteiger partial charge in [0.2, 0.25) is 0 Å². The summed E-state index contributed by atoms with van der Waals surface area (Å²) in [6.45, 7) is -1.57. The molecule has 1 N–H and O–H groups in total. The zero-order valence-corrected chi connectivity index (χ0v) is 16.0. The lowest BCUT2D eigenvalue weighted by atomic mass is 10.2. The molecule has 3 rings (SSSR count). The Balaban J connectivity index is 1.74. The Bertz CT molecular complexity index is 802. The number of hydrogen-bond donors (Lipinski definition) is 1. The van der Waals surface area contributed by atoms with Crippen molar-refractivity contribution in [2.24, 2.45) is 0 Å². The molecule has 1 aromatic carbocycles. The van der Waals surface area contributed by atoms with Crippen LogP contribution in [0.15, 0.2) is 42.7 Å². The van der Waals surface area contributed by atoms with Crippen molar-refractivity contribution in [1.82, 2.24) is 9.88 Å². The molecule has 2 aromatic rings. The first-order chi connectivity index (χ1) is 14.0. The molecule has 1 aromatic heterocycles. The van der Waals surface area contributed by atoms with Crippen molar-refractivity contribution < 1.29 is 27.8 Å². The van der Waals surface area contributed by atoms with E-state index in [9.17, 15) is 13.6 Å². The predicted octanol–water partition coefficient (Wildman–Crippen LogP) is 3.90. The Morgan fingerprint density at radius 2 is 2.24 bits per heavy atom. The van der Waals surface area contributed by atoms with Crippen LogP contribution in [0.4, 0.5) is 19.3 Å². The van der Waals surface area contributed by atoms with Crippen molar-refractivity contribution in [3.05, 3.63) is 48.3 Å². The molecule has 7 nitrogen and oxygen atoms in total. The average Bonchev–Trinajstić information content (AvgIpc) is 3.21. The number of carbonyl (C=O) groups is 1. The molecule has 1 saturated heterocycles. The summed E-state index contributed by atoms with van der Waals surface area (Å²) in [6, 6.07) is 7.62. The number of hydrogen-bond acceptors (Lipinski definition) is 5. The van der Waals surface area contributed by atoms with Crippen molar-refractivity contribution >= 4 is 11.7 Å². The SMILES string of the molecule is COc1ccc(NC(=O)N(Cc2cccnc2)CC2CCCO2)cc1OC(F)F. The second kappa shape index (κ2) is 10.0. The lowest BCUT2D eigenvalue weighted by Crippen LogP contribution is -2.39. The second-order valence-electron chi connectivity index (χ2n) is 6.55. The van der Waals surface area contributed by atoms with Gasteiger partial charge in [0.1, 0.15) is 0 Å². The van der Waals surface area contributed by atoms with Gasteiger partial charge in [-0.2, -0.15) is 8.78 Å². The van der Waals surface area contributed by atoms with E-state index in [1.165, 1.54) is 19.2 Å². The average molecular weight is 407 g/mol. The molecule has 9 heteroatoms. The number of nitrogens with one attached hydrogen (secondary N) is 1. The van der Waals surface area contributed by atoms with Gasteiger partial charge in [0.05, 0.1) is 13.2 Å². The summed E-state index contributed by atoms with van der Waals surface area (Å²) in [4.78, 5) is 18.6. The van der Waals surface area contributed by atoms with E-state index in [2.05, 4.69) is 15.0 Å². The van der Waals surface area contributed by atoms with Crippen molar-refractivity contribution in [3.8, 4) is 11.5 Å². The molecule has 2 amide bonds. The standard InChI is InChI=1S/C20H23F2N3O4/c1-27-17-7-6-15(10-18(17)29-19(21)22)24-20(26)25(13-16-5-3-9-28-16)12-14-4-2-8-23-11-14/h2,4,6-8,10-11,16,19H,3,5,9,12-13H2,1H3,(H,24,26). The number of methoxy groups -OCH3 is 1. The maximum Gasteiger partial charge on any atom is 0.387 e. The van der Waals surface area contributed by atoms with Crippen LogP contribution in [0.5, 0.6) is 11.5 Å². The van der Waals surface area contributed by atoms with Crippen molar-refractivity contribution in [2.75, 3.05) is 25.6 Å². The molecule has 0 bridgehead atoms. The predicted molar refractivity (Wildman–Crippen MR) is 102 cm³/mol. The van der Waals surface area contributed by atoms with Gasteiger partial charge in [-0.25, -0.2) is 4.79 Å². The topological polar surface area (TPSA) is 72.9 Å². The molecular formula is C20H23F2N3O4. The van der Waals surface area contributed by atoms with Gasteiger partial charge < -0.3 is 24.4 Å². The minimum atomic E-state index is -3.00. The summed E-state index contributed by atoms with van der Waals surface area (Å²) >= 11 is 0. The number of anilines is 1. The molecule has 156 valence electrons. The lowest BCUT2D eigenvalue weighted by molar-refractivity contribution is -0.0511. The van der Waals surface area contributed by atoms with Gasteiger partial charge in [-0.3, -0.25) is 4.98 Å². The van der Waals surface area contributed by atoms with Crippen LogP contribution in [0.25, 0.3) is 0 Å². The summed E-state index contributed by atoms with van der Waals surface area (Å²) in [5.74, 6) is -0.00638. The number of aromatic nitrogens is 1. The largest absolute Gasteiger partial charge is 0.493 e. The number of amides is 2. The molecule has 1 aliphatic rings. The van der Waals surface area contributed by atoms with Gasteiger partial charge >= 0.3 is 12.6 Å². The molecule has 1 atom stereocenters. The van der Waals surface area contributed by atoms with E-state index in [1.54, 1.807) is 29.4 Å². The number of urea groups is 1. The molecule has 1 aliphatic heterocycles. The van der Waals surface area contributed by atoms with E-state index in [-0.39, 0.29) is 23.6 Å². The molecule has 29 heavy (non-hydrogen) atoms. The Labute approximate surface area is 167 Å². The summed E-state index contributed by atoms with van der Waals surface area (Å²) in [5.41, 5.74) is 1.19. The summed E-state index contributed by atoms with van der Waals surface area (Å²) in [6.07, 6.45) is 5.16. The van der Waals surface area contributed by atoms with Crippen LogP contribution in [0.1, 0.15) is 18.4 Å². The second-order valence-corrected chi connectivity index (χ2v) is 6.55. The van der Waals surface area contributed by atoms with Crippen LogP contribution in [0.2, 0.25) is 0 Å². The minimum Gasteiger partial charge on any atom is -0.493 e. The van der Waals surface area contributed by atoms with Crippen molar-refractivity contribution in [2.45, 2.75) is 32.1 Å². The first-order valence-electron chi connectivity index (χ1n) is 9.24. The van der Waals surface area contributed by atoms with Crippen LogP contribution in [-0.4, -0.2) is 48.9 Å². The number of pyridine rings is 1. The molecule has 1 fully saturated rings. The van der Waals surface area contributed by atoms with Gasteiger partial charge in [0, 0.05) is 43.8 Å². The van der Waals surface area contributed by atoms with Crippen molar-refractivity contribution in [3.63, 3.8) is 0 Å². The third-order valence-electron chi connectivity index (χ3n) is 4.46. The van der Waals surface area contributed by atoms with E-state index in [4.69, 9.17) is 9.47 Å². The van der Waals surface area contributed by atoms with Gasteiger partial charge in [-0.1, -0.05) is 6.07 Å². The van der Waals surface area contributed by atoms with E-state index < -0.39 is 6.61 Å². The van der Waals surface area contributed by atoms with Crippen LogP contribution < -0.4 is 14.8 Å². The van der Waals surface area contributed by atoms with E-state index >= 15 is 0 Å². The first-order valence-corrected chi connectivity index (χ1v) is 9.24. The highest BCUT2D eigenvalue weighted by Gasteiger charge is 2.23. The minimum absolute atomic E-state index is 0.0361. The zero-order chi connectivity index (χ0) is 20.6.